The highest BCUT2D eigenvalue weighted by molar-refractivity contribution is 6.19. The number of carbonyl (C=O) groups is 1. The molecule has 0 radical (unpaired) electrons. The van der Waals surface area contributed by atoms with E-state index in [1.165, 1.54) is 7.11 Å². The van der Waals surface area contributed by atoms with Crippen LogP contribution in [0.3, 0.4) is 0 Å². The number of alkyl halides is 1. The number of hydrogen-bond acceptors (Lipinski definition) is 2. The van der Waals surface area contributed by atoms with Gasteiger partial charge in [0.15, 0.2) is 0 Å². The zero-order valence-electron chi connectivity index (χ0n) is 8.23. The van der Waals surface area contributed by atoms with Crippen molar-refractivity contribution < 1.29 is 9.53 Å². The van der Waals surface area contributed by atoms with Crippen molar-refractivity contribution >= 4 is 17.6 Å². The average Bonchev–Trinajstić information content (AvgIpc) is 2.21. The molecule has 0 saturated heterocycles. The molecule has 0 bridgehead atoms. The predicted molar refractivity (Wildman–Crippen MR) is 56.8 cm³/mol. The number of esters is 1. The van der Waals surface area contributed by atoms with E-state index in [9.17, 15) is 4.79 Å². The summed E-state index contributed by atoms with van der Waals surface area (Å²) in [5.41, 5.74) is 0. The molecule has 0 spiro atoms. The van der Waals surface area contributed by atoms with E-state index in [0.29, 0.717) is 25.1 Å². The van der Waals surface area contributed by atoms with E-state index < -0.39 is 0 Å². The van der Waals surface area contributed by atoms with Gasteiger partial charge in [-0.1, -0.05) is 17.8 Å². The van der Waals surface area contributed by atoms with Crippen molar-refractivity contribution in [2.75, 3.05) is 13.0 Å². The van der Waals surface area contributed by atoms with Crippen molar-refractivity contribution in [3.8, 4) is 23.7 Å². The Kier molecular flexibility index (Phi) is 9.17. The average molecular weight is 213 g/mol. The first-order valence-corrected chi connectivity index (χ1v) is 4.89. The molecule has 14 heavy (non-hydrogen) atoms. The van der Waals surface area contributed by atoms with E-state index in [1.807, 2.05) is 0 Å². The summed E-state index contributed by atoms with van der Waals surface area (Å²) in [6, 6.07) is 0. The van der Waals surface area contributed by atoms with Gasteiger partial charge in [-0.05, 0) is 6.42 Å². The topological polar surface area (TPSA) is 26.3 Å². The lowest BCUT2D eigenvalue weighted by molar-refractivity contribution is -0.140. The van der Waals surface area contributed by atoms with Gasteiger partial charge in [0.1, 0.15) is 0 Å². The second-order valence-corrected chi connectivity index (χ2v) is 2.71. The Bertz CT molecular complexity index is 275. The Balaban J connectivity index is 3.39. The highest BCUT2D eigenvalue weighted by atomic mass is 35.5. The molecule has 76 valence electrons. The summed E-state index contributed by atoms with van der Waals surface area (Å²) in [6.45, 7) is 0. The molecule has 0 aliphatic carbocycles. The van der Waals surface area contributed by atoms with Gasteiger partial charge in [-0.25, -0.2) is 0 Å². The molecular formula is C11H13ClO2. The Morgan fingerprint density at radius 3 is 2.64 bits per heavy atom. The van der Waals surface area contributed by atoms with Crippen molar-refractivity contribution in [2.24, 2.45) is 0 Å². The summed E-state index contributed by atoms with van der Waals surface area (Å²) in [7, 11) is 1.38. The zero-order valence-corrected chi connectivity index (χ0v) is 8.99. The van der Waals surface area contributed by atoms with Crippen LogP contribution in [0.25, 0.3) is 0 Å². The molecule has 0 amide bonds. The van der Waals surface area contributed by atoms with E-state index in [1.54, 1.807) is 0 Å². The molecule has 0 fully saturated rings. The van der Waals surface area contributed by atoms with Crippen molar-refractivity contribution in [2.45, 2.75) is 25.7 Å². The van der Waals surface area contributed by atoms with Gasteiger partial charge in [0.25, 0.3) is 0 Å². The fourth-order valence-electron chi connectivity index (χ4n) is 0.728. The van der Waals surface area contributed by atoms with Crippen LogP contribution in [0.1, 0.15) is 25.7 Å². The smallest absolute Gasteiger partial charge is 0.305 e. The first-order chi connectivity index (χ1) is 6.81. The monoisotopic (exact) mass is 212 g/mol. The van der Waals surface area contributed by atoms with Gasteiger partial charge in [0.05, 0.1) is 19.4 Å². The zero-order chi connectivity index (χ0) is 10.6. The third-order valence-corrected chi connectivity index (χ3v) is 1.54. The lowest BCUT2D eigenvalue weighted by atomic mass is 10.2. The molecule has 0 N–H and O–H groups in total. The fraction of sp³-hybridized carbons (Fsp3) is 0.545. The molecule has 2 nitrogen and oxygen atoms in total. The highest BCUT2D eigenvalue weighted by Gasteiger charge is 1.96. The van der Waals surface area contributed by atoms with Crippen molar-refractivity contribution in [3.05, 3.63) is 0 Å². The van der Waals surface area contributed by atoms with Gasteiger partial charge < -0.3 is 4.74 Å². The number of hydrogen-bond donors (Lipinski definition) is 0. The molecule has 3 heteroatoms. The minimum atomic E-state index is -0.186. The standard InChI is InChI=1S/C11H13ClO2/c1-14-11(13)9-7-5-3-2-4-6-8-10-12/h4-5,7,9-10H2,1H3. The largest absolute Gasteiger partial charge is 0.469 e. The molecular weight excluding hydrogens is 200 g/mol. The molecule has 0 aromatic carbocycles. The Labute approximate surface area is 90.0 Å². The predicted octanol–water partition coefficient (Wildman–Crippen LogP) is 1.97. The van der Waals surface area contributed by atoms with Crippen LogP contribution >= 0.6 is 11.6 Å². The van der Waals surface area contributed by atoms with Gasteiger partial charge in [-0.15, -0.1) is 17.5 Å². The summed E-state index contributed by atoms with van der Waals surface area (Å²) in [5.74, 6) is 11.5. The van der Waals surface area contributed by atoms with E-state index in [-0.39, 0.29) is 5.97 Å². The van der Waals surface area contributed by atoms with E-state index in [0.717, 1.165) is 6.42 Å². The number of methoxy groups -OCH3 is 1. The molecule has 0 aromatic heterocycles. The fourth-order valence-corrected chi connectivity index (χ4v) is 0.822. The van der Waals surface area contributed by atoms with Crippen molar-refractivity contribution in [3.63, 3.8) is 0 Å². The maximum absolute atomic E-state index is 10.7. The van der Waals surface area contributed by atoms with Crippen LogP contribution in [0.4, 0.5) is 0 Å². The minimum absolute atomic E-state index is 0.186. The van der Waals surface area contributed by atoms with Gasteiger partial charge in [0.2, 0.25) is 0 Å². The van der Waals surface area contributed by atoms with Gasteiger partial charge >= 0.3 is 5.97 Å². The summed E-state index contributed by atoms with van der Waals surface area (Å²) in [6.07, 6.45) is 2.42. The molecule has 0 heterocycles. The molecule has 0 rings (SSSR count). The highest BCUT2D eigenvalue weighted by Crippen LogP contribution is 1.95. The molecule has 0 aromatic rings. The molecule has 0 aliphatic rings. The summed E-state index contributed by atoms with van der Waals surface area (Å²) >= 11 is 5.34. The number of unbranched alkanes of at least 4 members (excludes halogenated alkanes) is 1. The Morgan fingerprint density at radius 1 is 1.29 bits per heavy atom. The molecule has 0 atom stereocenters. The SMILES string of the molecule is COC(=O)CCCC#CCC#CCCl. The Hall–Kier alpha value is -1.12. The van der Waals surface area contributed by atoms with Crippen LogP contribution in [0, 0.1) is 23.7 Å². The normalized spacial score (nSPS) is 7.86. The Morgan fingerprint density at radius 2 is 2.00 bits per heavy atom. The molecule has 0 unspecified atom stereocenters. The van der Waals surface area contributed by atoms with E-state index in [4.69, 9.17) is 11.6 Å². The second-order valence-electron chi connectivity index (χ2n) is 2.45. The van der Waals surface area contributed by atoms with Crippen LogP contribution in [-0.2, 0) is 9.53 Å². The molecule has 0 saturated carbocycles. The minimum Gasteiger partial charge on any atom is -0.469 e. The lowest BCUT2D eigenvalue weighted by Gasteiger charge is -1.93. The molecule has 0 aliphatic heterocycles. The summed E-state index contributed by atoms with van der Waals surface area (Å²) in [5, 5.41) is 0. The maximum Gasteiger partial charge on any atom is 0.305 e. The number of rotatable bonds is 3. The van der Waals surface area contributed by atoms with E-state index in [2.05, 4.69) is 28.4 Å². The summed E-state index contributed by atoms with van der Waals surface area (Å²) in [4.78, 5) is 10.7. The van der Waals surface area contributed by atoms with Crippen molar-refractivity contribution in [1.29, 1.82) is 0 Å². The first kappa shape index (κ1) is 12.9. The van der Waals surface area contributed by atoms with Gasteiger partial charge in [0, 0.05) is 12.8 Å². The third-order valence-electron chi connectivity index (χ3n) is 1.40. The summed E-state index contributed by atoms with van der Waals surface area (Å²) < 4.78 is 4.49. The van der Waals surface area contributed by atoms with Crippen LogP contribution in [0.15, 0.2) is 0 Å². The number of halogens is 1. The maximum atomic E-state index is 10.7. The van der Waals surface area contributed by atoms with Crippen LogP contribution in [0.2, 0.25) is 0 Å². The number of ether oxygens (including phenoxy) is 1. The van der Waals surface area contributed by atoms with Crippen LogP contribution < -0.4 is 0 Å². The van der Waals surface area contributed by atoms with Gasteiger partial charge in [-0.2, -0.15) is 0 Å². The van der Waals surface area contributed by atoms with E-state index >= 15 is 0 Å². The van der Waals surface area contributed by atoms with Gasteiger partial charge in [-0.3, -0.25) is 4.79 Å². The van der Waals surface area contributed by atoms with Crippen LogP contribution in [-0.4, -0.2) is 19.0 Å². The van der Waals surface area contributed by atoms with Crippen LogP contribution in [0.5, 0.6) is 0 Å². The first-order valence-electron chi connectivity index (χ1n) is 4.35. The quantitative estimate of drug-likeness (QED) is 0.310. The lowest BCUT2D eigenvalue weighted by Crippen LogP contribution is -1.98. The third kappa shape index (κ3) is 8.97. The number of carbonyl (C=O) groups excluding carboxylic acids is 1. The van der Waals surface area contributed by atoms with Crippen molar-refractivity contribution in [1.82, 2.24) is 0 Å². The second kappa shape index (κ2) is 9.96.